The standard InChI is InChI=1S/C8H18N2S/c1-10-5-2-3-8(7-10)9-4-6-11/h8-9,11H,2-7H2,1H3. The van der Waals surface area contributed by atoms with E-state index in [0.29, 0.717) is 6.04 Å². The van der Waals surface area contributed by atoms with E-state index in [4.69, 9.17) is 0 Å². The van der Waals surface area contributed by atoms with Gasteiger partial charge >= 0.3 is 0 Å². The van der Waals surface area contributed by atoms with Gasteiger partial charge in [-0.1, -0.05) is 0 Å². The zero-order valence-electron chi connectivity index (χ0n) is 7.21. The van der Waals surface area contributed by atoms with Crippen LogP contribution in [0.15, 0.2) is 0 Å². The lowest BCUT2D eigenvalue weighted by Gasteiger charge is -2.30. The van der Waals surface area contributed by atoms with E-state index < -0.39 is 0 Å². The van der Waals surface area contributed by atoms with Crippen molar-refractivity contribution in [3.63, 3.8) is 0 Å². The first kappa shape index (κ1) is 9.36. The first-order valence-corrected chi connectivity index (χ1v) is 4.99. The van der Waals surface area contributed by atoms with Gasteiger partial charge in [-0.3, -0.25) is 0 Å². The van der Waals surface area contributed by atoms with Gasteiger partial charge in [-0.2, -0.15) is 12.6 Å². The Balaban J connectivity index is 2.12. The highest BCUT2D eigenvalue weighted by atomic mass is 32.1. The second-order valence-electron chi connectivity index (χ2n) is 3.28. The predicted molar refractivity (Wildman–Crippen MR) is 52.4 cm³/mol. The summed E-state index contributed by atoms with van der Waals surface area (Å²) >= 11 is 4.17. The third-order valence-corrected chi connectivity index (χ3v) is 2.39. The number of nitrogens with zero attached hydrogens (tertiary/aromatic N) is 1. The molecule has 1 aliphatic rings. The van der Waals surface area contributed by atoms with Crippen LogP contribution >= 0.6 is 12.6 Å². The molecule has 0 aromatic heterocycles. The van der Waals surface area contributed by atoms with E-state index in [1.165, 1.54) is 25.9 Å². The number of hydrogen-bond donors (Lipinski definition) is 2. The first-order chi connectivity index (χ1) is 5.33. The average Bonchev–Trinajstić information content (AvgIpc) is 2.01. The number of piperidine rings is 1. The van der Waals surface area contributed by atoms with Gasteiger partial charge in [-0.05, 0) is 26.4 Å². The second-order valence-corrected chi connectivity index (χ2v) is 3.73. The fourth-order valence-electron chi connectivity index (χ4n) is 1.60. The molecule has 0 bridgehead atoms. The number of rotatable bonds is 3. The average molecular weight is 174 g/mol. The number of likely N-dealkylation sites (N-methyl/N-ethyl adjacent to an activating group) is 1. The Kier molecular flexibility index (Phi) is 4.26. The molecule has 11 heavy (non-hydrogen) atoms. The van der Waals surface area contributed by atoms with Gasteiger partial charge < -0.3 is 10.2 Å². The van der Waals surface area contributed by atoms with Gasteiger partial charge in [0.15, 0.2) is 0 Å². The van der Waals surface area contributed by atoms with Gasteiger partial charge in [0.25, 0.3) is 0 Å². The van der Waals surface area contributed by atoms with Crippen LogP contribution in [-0.2, 0) is 0 Å². The Morgan fingerprint density at radius 3 is 3.09 bits per heavy atom. The van der Waals surface area contributed by atoms with Crippen molar-refractivity contribution in [3.8, 4) is 0 Å². The molecule has 66 valence electrons. The third-order valence-electron chi connectivity index (χ3n) is 2.17. The number of likely N-dealkylation sites (tertiary alicyclic amines) is 1. The Morgan fingerprint density at radius 2 is 2.45 bits per heavy atom. The van der Waals surface area contributed by atoms with E-state index in [1.54, 1.807) is 0 Å². The van der Waals surface area contributed by atoms with Crippen LogP contribution < -0.4 is 5.32 Å². The summed E-state index contributed by atoms with van der Waals surface area (Å²) in [6, 6.07) is 0.709. The molecule has 1 atom stereocenters. The van der Waals surface area contributed by atoms with Crippen LogP contribution in [0.1, 0.15) is 12.8 Å². The zero-order chi connectivity index (χ0) is 8.10. The summed E-state index contributed by atoms with van der Waals surface area (Å²) in [6.07, 6.45) is 2.67. The summed E-state index contributed by atoms with van der Waals surface area (Å²) in [6.45, 7) is 3.51. The zero-order valence-corrected chi connectivity index (χ0v) is 8.11. The third kappa shape index (κ3) is 3.45. The van der Waals surface area contributed by atoms with Crippen LogP contribution in [-0.4, -0.2) is 43.4 Å². The van der Waals surface area contributed by atoms with Crippen molar-refractivity contribution in [2.75, 3.05) is 32.4 Å². The lowest BCUT2D eigenvalue weighted by Crippen LogP contribution is -2.44. The van der Waals surface area contributed by atoms with E-state index in [2.05, 4.69) is 29.9 Å². The Labute approximate surface area is 74.8 Å². The molecule has 2 nitrogen and oxygen atoms in total. The lowest BCUT2D eigenvalue weighted by atomic mass is 10.1. The highest BCUT2D eigenvalue weighted by Gasteiger charge is 2.15. The van der Waals surface area contributed by atoms with Crippen LogP contribution in [0.25, 0.3) is 0 Å². The largest absolute Gasteiger partial charge is 0.312 e. The molecule has 0 radical (unpaired) electrons. The summed E-state index contributed by atoms with van der Waals surface area (Å²) in [5, 5.41) is 3.48. The van der Waals surface area contributed by atoms with Crippen molar-refractivity contribution in [3.05, 3.63) is 0 Å². The van der Waals surface area contributed by atoms with Crippen LogP contribution in [0.5, 0.6) is 0 Å². The molecular formula is C8H18N2S. The SMILES string of the molecule is CN1CCCC(NCCS)C1. The van der Waals surface area contributed by atoms with Crippen molar-refractivity contribution < 1.29 is 0 Å². The van der Waals surface area contributed by atoms with Crippen molar-refractivity contribution in [1.82, 2.24) is 10.2 Å². The highest BCUT2D eigenvalue weighted by Crippen LogP contribution is 2.07. The van der Waals surface area contributed by atoms with Crippen molar-refractivity contribution in [2.24, 2.45) is 0 Å². The van der Waals surface area contributed by atoms with Gasteiger partial charge in [0.05, 0.1) is 0 Å². The topological polar surface area (TPSA) is 15.3 Å². The van der Waals surface area contributed by atoms with Crippen molar-refractivity contribution in [1.29, 1.82) is 0 Å². The van der Waals surface area contributed by atoms with Crippen LogP contribution in [0, 0.1) is 0 Å². The molecule has 0 aliphatic carbocycles. The van der Waals surface area contributed by atoms with Gasteiger partial charge in [-0.25, -0.2) is 0 Å². The number of hydrogen-bond acceptors (Lipinski definition) is 3. The van der Waals surface area contributed by atoms with E-state index in [1.807, 2.05) is 0 Å². The molecule has 1 aliphatic heterocycles. The molecule has 1 N–H and O–H groups in total. The van der Waals surface area contributed by atoms with Gasteiger partial charge in [0.1, 0.15) is 0 Å². The lowest BCUT2D eigenvalue weighted by molar-refractivity contribution is 0.229. The minimum Gasteiger partial charge on any atom is -0.312 e. The second kappa shape index (κ2) is 5.01. The molecule has 1 heterocycles. The van der Waals surface area contributed by atoms with E-state index in [9.17, 15) is 0 Å². The maximum atomic E-state index is 4.17. The summed E-state index contributed by atoms with van der Waals surface area (Å²) in [5.74, 6) is 0.945. The number of nitrogens with one attached hydrogen (secondary N) is 1. The molecule has 0 spiro atoms. The molecule has 1 saturated heterocycles. The quantitative estimate of drug-likeness (QED) is 0.609. The molecular weight excluding hydrogens is 156 g/mol. The molecule has 3 heteroatoms. The van der Waals surface area contributed by atoms with E-state index in [0.717, 1.165) is 12.3 Å². The molecule has 0 amide bonds. The fraction of sp³-hybridized carbons (Fsp3) is 1.00. The Bertz CT molecular complexity index is 108. The smallest absolute Gasteiger partial charge is 0.0195 e. The fourth-order valence-corrected chi connectivity index (χ4v) is 1.73. The van der Waals surface area contributed by atoms with Crippen molar-refractivity contribution in [2.45, 2.75) is 18.9 Å². The van der Waals surface area contributed by atoms with Gasteiger partial charge in [0, 0.05) is 24.9 Å². The first-order valence-electron chi connectivity index (χ1n) is 4.35. The predicted octanol–water partition coefficient (Wildman–Crippen LogP) is 0.600. The number of thiol groups is 1. The summed E-state index contributed by atoms with van der Waals surface area (Å²) < 4.78 is 0. The van der Waals surface area contributed by atoms with Crippen LogP contribution in [0.2, 0.25) is 0 Å². The molecule has 0 aromatic carbocycles. The molecule has 1 unspecified atom stereocenters. The summed E-state index contributed by atoms with van der Waals surface area (Å²) in [4.78, 5) is 2.39. The van der Waals surface area contributed by atoms with Crippen LogP contribution in [0.3, 0.4) is 0 Å². The summed E-state index contributed by atoms with van der Waals surface area (Å²) in [5.41, 5.74) is 0. The monoisotopic (exact) mass is 174 g/mol. The Hall–Kier alpha value is 0.270. The van der Waals surface area contributed by atoms with E-state index >= 15 is 0 Å². The van der Waals surface area contributed by atoms with Crippen LogP contribution in [0.4, 0.5) is 0 Å². The molecule has 0 saturated carbocycles. The van der Waals surface area contributed by atoms with E-state index in [-0.39, 0.29) is 0 Å². The molecule has 0 aromatic rings. The summed E-state index contributed by atoms with van der Waals surface area (Å²) in [7, 11) is 2.19. The minimum atomic E-state index is 0.709. The Morgan fingerprint density at radius 1 is 1.64 bits per heavy atom. The normalized spacial score (nSPS) is 27.3. The van der Waals surface area contributed by atoms with Gasteiger partial charge in [-0.15, -0.1) is 0 Å². The maximum Gasteiger partial charge on any atom is 0.0195 e. The van der Waals surface area contributed by atoms with Gasteiger partial charge in [0.2, 0.25) is 0 Å². The molecule has 1 rings (SSSR count). The maximum absolute atomic E-state index is 4.17. The minimum absolute atomic E-state index is 0.709. The van der Waals surface area contributed by atoms with Crippen molar-refractivity contribution >= 4 is 12.6 Å². The highest BCUT2D eigenvalue weighted by molar-refractivity contribution is 7.80. The molecule has 1 fully saturated rings.